The Kier molecular flexibility index (Phi) is 4.71. The molecule has 2 aromatic carbocycles. The fourth-order valence-electron chi connectivity index (χ4n) is 2.71. The van der Waals surface area contributed by atoms with Gasteiger partial charge in [0.2, 0.25) is 5.89 Å². The highest BCUT2D eigenvalue weighted by molar-refractivity contribution is 5.93. The summed E-state index contributed by atoms with van der Waals surface area (Å²) in [7, 11) is 1.60. The normalized spacial score (nSPS) is 10.9. The molecule has 28 heavy (non-hydrogen) atoms. The number of rotatable bonds is 6. The SMILES string of the molecule is CCn1nnc2cc(C(=O)OCc3nnc(-c4ccc(OC)cc4)o3)ccc21. The molecule has 0 aliphatic rings. The quantitative estimate of drug-likeness (QED) is 0.471. The summed E-state index contributed by atoms with van der Waals surface area (Å²) in [5.41, 5.74) is 2.62. The maximum Gasteiger partial charge on any atom is 0.338 e. The van der Waals surface area contributed by atoms with Crippen molar-refractivity contribution in [2.75, 3.05) is 7.11 Å². The van der Waals surface area contributed by atoms with Crippen molar-refractivity contribution in [1.29, 1.82) is 0 Å². The molecule has 0 saturated heterocycles. The summed E-state index contributed by atoms with van der Waals surface area (Å²) in [6, 6.07) is 12.3. The third-order valence-corrected chi connectivity index (χ3v) is 4.18. The number of ether oxygens (including phenoxy) is 2. The molecule has 9 heteroatoms. The Labute approximate surface area is 159 Å². The van der Waals surface area contributed by atoms with Crippen molar-refractivity contribution in [1.82, 2.24) is 25.2 Å². The molecule has 4 aromatic rings. The van der Waals surface area contributed by atoms with Gasteiger partial charge in [-0.25, -0.2) is 9.48 Å². The lowest BCUT2D eigenvalue weighted by Crippen LogP contribution is -2.05. The standard InChI is InChI=1S/C19H17N5O4/c1-3-24-16-9-6-13(10-15(16)20-23-24)19(25)27-11-17-21-22-18(28-17)12-4-7-14(26-2)8-5-12/h4-10H,3,11H2,1-2H3. The predicted molar refractivity (Wildman–Crippen MR) is 98.6 cm³/mol. The number of nitrogens with zero attached hydrogens (tertiary/aromatic N) is 5. The van der Waals surface area contributed by atoms with Crippen molar-refractivity contribution in [3.8, 4) is 17.2 Å². The molecule has 0 radical (unpaired) electrons. The zero-order valence-corrected chi connectivity index (χ0v) is 15.3. The molecule has 0 atom stereocenters. The molecule has 0 N–H and O–H groups in total. The number of methoxy groups -OCH3 is 1. The van der Waals surface area contributed by atoms with Crippen LogP contribution >= 0.6 is 0 Å². The third-order valence-electron chi connectivity index (χ3n) is 4.18. The number of aryl methyl sites for hydroxylation is 1. The van der Waals surface area contributed by atoms with Crippen molar-refractivity contribution >= 4 is 17.0 Å². The van der Waals surface area contributed by atoms with E-state index in [2.05, 4.69) is 20.5 Å². The van der Waals surface area contributed by atoms with E-state index in [1.807, 2.05) is 6.92 Å². The Bertz CT molecular complexity index is 1120. The summed E-state index contributed by atoms with van der Waals surface area (Å²) in [5, 5.41) is 16.0. The Hall–Kier alpha value is -3.75. The number of esters is 1. The van der Waals surface area contributed by atoms with Crippen LogP contribution in [0.3, 0.4) is 0 Å². The van der Waals surface area contributed by atoms with Gasteiger partial charge in [-0.3, -0.25) is 0 Å². The van der Waals surface area contributed by atoms with Gasteiger partial charge in [0.15, 0.2) is 6.61 Å². The molecule has 0 amide bonds. The lowest BCUT2D eigenvalue weighted by molar-refractivity contribution is 0.0439. The van der Waals surface area contributed by atoms with Crippen LogP contribution in [0.1, 0.15) is 23.2 Å². The molecule has 0 spiro atoms. The van der Waals surface area contributed by atoms with Crippen molar-refractivity contribution in [2.45, 2.75) is 20.1 Å². The van der Waals surface area contributed by atoms with Crippen LogP contribution < -0.4 is 4.74 Å². The van der Waals surface area contributed by atoms with Gasteiger partial charge < -0.3 is 13.9 Å². The van der Waals surface area contributed by atoms with Crippen LogP contribution in [-0.4, -0.2) is 38.3 Å². The summed E-state index contributed by atoms with van der Waals surface area (Å²) in [6.07, 6.45) is 0. The number of hydrogen-bond donors (Lipinski definition) is 0. The molecule has 9 nitrogen and oxygen atoms in total. The minimum atomic E-state index is -0.503. The van der Waals surface area contributed by atoms with Gasteiger partial charge in [0, 0.05) is 12.1 Å². The molecule has 2 heterocycles. The van der Waals surface area contributed by atoms with E-state index in [1.54, 1.807) is 54.3 Å². The first kappa shape index (κ1) is 17.7. The fourth-order valence-corrected chi connectivity index (χ4v) is 2.71. The van der Waals surface area contributed by atoms with Crippen molar-refractivity contribution in [3.05, 3.63) is 53.9 Å². The second kappa shape index (κ2) is 7.47. The molecule has 0 fully saturated rings. The number of carbonyl (C=O) groups is 1. The highest BCUT2D eigenvalue weighted by Gasteiger charge is 2.14. The predicted octanol–water partition coefficient (Wildman–Crippen LogP) is 2.87. The van der Waals surface area contributed by atoms with E-state index in [9.17, 15) is 4.79 Å². The average Bonchev–Trinajstić information content (AvgIpc) is 3.38. The van der Waals surface area contributed by atoms with E-state index >= 15 is 0 Å². The first-order valence-electron chi connectivity index (χ1n) is 8.65. The number of benzene rings is 2. The maximum absolute atomic E-state index is 12.3. The van der Waals surface area contributed by atoms with Crippen LogP contribution in [0, 0.1) is 0 Å². The van der Waals surface area contributed by atoms with Crippen LogP contribution in [0.15, 0.2) is 46.9 Å². The van der Waals surface area contributed by atoms with Crippen molar-refractivity contribution < 1.29 is 18.7 Å². The summed E-state index contributed by atoms with van der Waals surface area (Å²) >= 11 is 0. The zero-order valence-electron chi connectivity index (χ0n) is 15.3. The molecule has 0 bridgehead atoms. The van der Waals surface area contributed by atoms with Crippen LogP contribution in [0.4, 0.5) is 0 Å². The zero-order chi connectivity index (χ0) is 19.5. The molecule has 4 rings (SSSR count). The van der Waals surface area contributed by atoms with Crippen molar-refractivity contribution in [2.24, 2.45) is 0 Å². The van der Waals surface area contributed by atoms with Crippen LogP contribution in [0.2, 0.25) is 0 Å². The first-order chi connectivity index (χ1) is 13.7. The second-order valence-corrected chi connectivity index (χ2v) is 5.91. The Balaban J connectivity index is 1.43. The number of hydrogen-bond acceptors (Lipinski definition) is 8. The van der Waals surface area contributed by atoms with Crippen LogP contribution in [0.5, 0.6) is 5.75 Å². The van der Waals surface area contributed by atoms with Crippen LogP contribution in [-0.2, 0) is 17.9 Å². The van der Waals surface area contributed by atoms with Crippen LogP contribution in [0.25, 0.3) is 22.5 Å². The van der Waals surface area contributed by atoms with Gasteiger partial charge in [-0.05, 0) is 49.4 Å². The van der Waals surface area contributed by atoms with Crippen molar-refractivity contribution in [3.63, 3.8) is 0 Å². The molecular formula is C19H17N5O4. The van der Waals surface area contributed by atoms with Gasteiger partial charge >= 0.3 is 5.97 Å². The van der Waals surface area contributed by atoms with E-state index < -0.39 is 5.97 Å². The Morgan fingerprint density at radius 1 is 1.11 bits per heavy atom. The minimum absolute atomic E-state index is 0.123. The summed E-state index contributed by atoms with van der Waals surface area (Å²) < 4.78 is 17.7. The van der Waals surface area contributed by atoms with E-state index in [-0.39, 0.29) is 12.5 Å². The summed E-state index contributed by atoms with van der Waals surface area (Å²) in [6.45, 7) is 2.55. The monoisotopic (exact) mass is 379 g/mol. The third kappa shape index (κ3) is 3.41. The lowest BCUT2D eigenvalue weighted by atomic mass is 10.2. The molecule has 142 valence electrons. The number of carbonyl (C=O) groups excluding carboxylic acids is 1. The van der Waals surface area contributed by atoms with Gasteiger partial charge in [0.25, 0.3) is 5.89 Å². The fraction of sp³-hybridized carbons (Fsp3) is 0.211. The maximum atomic E-state index is 12.3. The van der Waals surface area contributed by atoms with E-state index in [4.69, 9.17) is 13.9 Å². The van der Waals surface area contributed by atoms with E-state index in [0.717, 1.165) is 16.8 Å². The van der Waals surface area contributed by atoms with Gasteiger partial charge in [0.1, 0.15) is 11.3 Å². The topological polar surface area (TPSA) is 105 Å². The highest BCUT2D eigenvalue weighted by atomic mass is 16.5. The first-order valence-corrected chi connectivity index (χ1v) is 8.65. The molecule has 2 aromatic heterocycles. The van der Waals surface area contributed by atoms with E-state index in [0.29, 0.717) is 23.5 Å². The molecule has 0 aliphatic heterocycles. The Morgan fingerprint density at radius 2 is 1.93 bits per heavy atom. The molecule has 0 unspecified atom stereocenters. The second-order valence-electron chi connectivity index (χ2n) is 5.91. The average molecular weight is 379 g/mol. The highest BCUT2D eigenvalue weighted by Crippen LogP contribution is 2.21. The van der Waals surface area contributed by atoms with E-state index in [1.165, 1.54) is 0 Å². The smallest absolute Gasteiger partial charge is 0.338 e. The summed E-state index contributed by atoms with van der Waals surface area (Å²) in [4.78, 5) is 12.3. The van der Waals surface area contributed by atoms with Gasteiger partial charge in [0.05, 0.1) is 18.2 Å². The van der Waals surface area contributed by atoms with Gasteiger partial charge in [-0.2, -0.15) is 0 Å². The molecule has 0 aliphatic carbocycles. The summed E-state index contributed by atoms with van der Waals surface area (Å²) in [5.74, 6) is 0.772. The van der Waals surface area contributed by atoms with Gasteiger partial charge in [-0.1, -0.05) is 5.21 Å². The number of fused-ring (bicyclic) bond motifs is 1. The number of aromatic nitrogens is 5. The lowest BCUT2D eigenvalue weighted by Gasteiger charge is -2.02. The Morgan fingerprint density at radius 3 is 2.68 bits per heavy atom. The van der Waals surface area contributed by atoms with Gasteiger partial charge in [-0.15, -0.1) is 15.3 Å². The molecular weight excluding hydrogens is 362 g/mol. The molecule has 0 saturated carbocycles. The largest absolute Gasteiger partial charge is 0.497 e. The minimum Gasteiger partial charge on any atom is -0.497 e.